The Morgan fingerprint density at radius 1 is 1.24 bits per heavy atom. The van der Waals surface area contributed by atoms with Crippen LogP contribution in [0.4, 0.5) is 0 Å². The van der Waals surface area contributed by atoms with Gasteiger partial charge in [0.05, 0.1) is 0 Å². The molecule has 112 valence electrons. The molecule has 0 bridgehead atoms. The molecule has 1 saturated carbocycles. The molecule has 1 N–H and O–H groups in total. The molecule has 21 heavy (non-hydrogen) atoms. The van der Waals surface area contributed by atoms with Gasteiger partial charge in [0.2, 0.25) is 5.82 Å². The summed E-state index contributed by atoms with van der Waals surface area (Å²) in [7, 11) is 0. The van der Waals surface area contributed by atoms with E-state index in [4.69, 9.17) is 0 Å². The Kier molecular flexibility index (Phi) is 4.13. The van der Waals surface area contributed by atoms with Gasteiger partial charge in [-0.05, 0) is 25.8 Å². The number of nitrogens with zero attached hydrogens (tertiary/aromatic N) is 4. The van der Waals surface area contributed by atoms with E-state index in [2.05, 4.69) is 20.4 Å². The minimum Gasteiger partial charge on any atom is -0.347 e. The van der Waals surface area contributed by atoms with Gasteiger partial charge in [-0.15, -0.1) is 5.10 Å². The molecule has 2 aromatic rings. The molecule has 1 aliphatic rings. The molecule has 0 radical (unpaired) electrons. The standard InChI is InChI=1S/C15H21N5O/c1-11-9-10-16-15-18-13(19-20(11)15)14(21)17-12-7-5-3-2-4-6-8-12/h9-10,12H,2-8H2,1H3,(H,17,21). The van der Waals surface area contributed by atoms with Crippen molar-refractivity contribution in [1.29, 1.82) is 0 Å². The Bertz CT molecular complexity index is 628. The molecular formula is C15H21N5O. The first-order valence-corrected chi connectivity index (χ1v) is 7.73. The highest BCUT2D eigenvalue weighted by atomic mass is 16.2. The van der Waals surface area contributed by atoms with Crippen molar-refractivity contribution in [1.82, 2.24) is 24.9 Å². The van der Waals surface area contributed by atoms with E-state index in [-0.39, 0.29) is 17.8 Å². The maximum absolute atomic E-state index is 12.3. The normalized spacial score (nSPS) is 17.4. The summed E-state index contributed by atoms with van der Waals surface area (Å²) in [6.45, 7) is 1.92. The highest BCUT2D eigenvalue weighted by Gasteiger charge is 2.19. The lowest BCUT2D eigenvalue weighted by Crippen LogP contribution is -2.35. The first-order valence-electron chi connectivity index (χ1n) is 7.73. The number of rotatable bonds is 2. The number of carbonyl (C=O) groups excluding carboxylic acids is 1. The molecule has 6 heteroatoms. The second kappa shape index (κ2) is 6.20. The predicted molar refractivity (Wildman–Crippen MR) is 79.1 cm³/mol. The van der Waals surface area contributed by atoms with Gasteiger partial charge in [-0.2, -0.15) is 4.98 Å². The monoisotopic (exact) mass is 287 g/mol. The summed E-state index contributed by atoms with van der Waals surface area (Å²) in [5.41, 5.74) is 0.914. The Hall–Kier alpha value is -1.98. The molecule has 2 aromatic heterocycles. The van der Waals surface area contributed by atoms with E-state index in [1.165, 1.54) is 32.1 Å². The molecular weight excluding hydrogens is 266 g/mol. The van der Waals surface area contributed by atoms with Gasteiger partial charge in [0, 0.05) is 17.9 Å². The van der Waals surface area contributed by atoms with Crippen molar-refractivity contribution in [3.63, 3.8) is 0 Å². The third-order valence-electron chi connectivity index (χ3n) is 4.07. The summed E-state index contributed by atoms with van der Waals surface area (Å²) in [5, 5.41) is 7.33. The van der Waals surface area contributed by atoms with Crippen LogP contribution in [0.3, 0.4) is 0 Å². The molecule has 0 atom stereocenters. The second-order valence-corrected chi connectivity index (χ2v) is 5.75. The van der Waals surface area contributed by atoms with Gasteiger partial charge < -0.3 is 5.32 Å². The van der Waals surface area contributed by atoms with E-state index >= 15 is 0 Å². The van der Waals surface area contributed by atoms with Crippen LogP contribution in [-0.4, -0.2) is 31.5 Å². The first kappa shape index (κ1) is 14.0. The Morgan fingerprint density at radius 2 is 1.95 bits per heavy atom. The smallest absolute Gasteiger partial charge is 0.291 e. The van der Waals surface area contributed by atoms with Crippen LogP contribution in [0.2, 0.25) is 0 Å². The number of amides is 1. The van der Waals surface area contributed by atoms with Gasteiger partial charge in [-0.1, -0.05) is 32.1 Å². The minimum atomic E-state index is -0.189. The summed E-state index contributed by atoms with van der Waals surface area (Å²) in [6.07, 6.45) is 10.0. The summed E-state index contributed by atoms with van der Waals surface area (Å²) in [6, 6.07) is 2.09. The van der Waals surface area contributed by atoms with E-state index in [1.54, 1.807) is 10.7 Å². The average molecular weight is 287 g/mol. The molecule has 1 fully saturated rings. The van der Waals surface area contributed by atoms with Crippen LogP contribution in [-0.2, 0) is 0 Å². The zero-order chi connectivity index (χ0) is 14.7. The van der Waals surface area contributed by atoms with Crippen LogP contribution < -0.4 is 5.32 Å². The number of carbonyl (C=O) groups is 1. The zero-order valence-electron chi connectivity index (χ0n) is 12.4. The van der Waals surface area contributed by atoms with Gasteiger partial charge in [-0.25, -0.2) is 9.50 Å². The van der Waals surface area contributed by atoms with Crippen molar-refractivity contribution in [2.75, 3.05) is 0 Å². The van der Waals surface area contributed by atoms with Crippen molar-refractivity contribution in [3.8, 4) is 0 Å². The van der Waals surface area contributed by atoms with Crippen LogP contribution in [0.25, 0.3) is 5.78 Å². The molecule has 0 saturated heterocycles. The topological polar surface area (TPSA) is 72.2 Å². The SMILES string of the molecule is Cc1ccnc2nc(C(=O)NC3CCCCCCC3)nn12. The third kappa shape index (κ3) is 3.20. The molecule has 1 amide bonds. The van der Waals surface area contributed by atoms with Crippen LogP contribution in [0.5, 0.6) is 0 Å². The van der Waals surface area contributed by atoms with Crippen LogP contribution >= 0.6 is 0 Å². The number of hydrogen-bond acceptors (Lipinski definition) is 4. The molecule has 0 aliphatic heterocycles. The number of nitrogens with one attached hydrogen (secondary N) is 1. The Morgan fingerprint density at radius 3 is 2.67 bits per heavy atom. The van der Waals surface area contributed by atoms with Gasteiger partial charge >= 0.3 is 0 Å². The zero-order valence-corrected chi connectivity index (χ0v) is 12.4. The van der Waals surface area contributed by atoms with Gasteiger partial charge in [0.25, 0.3) is 11.7 Å². The van der Waals surface area contributed by atoms with Crippen molar-refractivity contribution in [2.24, 2.45) is 0 Å². The summed E-state index contributed by atoms with van der Waals surface area (Å²) in [5.74, 6) is 0.488. The predicted octanol–water partition coefficient (Wildman–Crippen LogP) is 2.28. The van der Waals surface area contributed by atoms with Crippen LogP contribution in [0.15, 0.2) is 12.3 Å². The molecule has 0 spiro atoms. The number of hydrogen-bond donors (Lipinski definition) is 1. The Balaban J connectivity index is 1.72. The van der Waals surface area contributed by atoms with Crippen molar-refractivity contribution < 1.29 is 4.79 Å². The maximum atomic E-state index is 12.3. The van der Waals surface area contributed by atoms with Gasteiger partial charge in [0.1, 0.15) is 0 Å². The van der Waals surface area contributed by atoms with Crippen molar-refractivity contribution >= 4 is 11.7 Å². The minimum absolute atomic E-state index is 0.189. The highest BCUT2D eigenvalue weighted by Crippen LogP contribution is 2.17. The number of fused-ring (bicyclic) bond motifs is 1. The maximum Gasteiger partial charge on any atom is 0.291 e. The molecule has 2 heterocycles. The Labute approximate surface area is 124 Å². The van der Waals surface area contributed by atoms with E-state index in [9.17, 15) is 4.79 Å². The van der Waals surface area contributed by atoms with E-state index in [0.29, 0.717) is 5.78 Å². The van der Waals surface area contributed by atoms with Crippen molar-refractivity contribution in [3.05, 3.63) is 23.8 Å². The largest absolute Gasteiger partial charge is 0.347 e. The number of aryl methyl sites for hydroxylation is 1. The van der Waals surface area contributed by atoms with Crippen LogP contribution in [0.1, 0.15) is 61.3 Å². The second-order valence-electron chi connectivity index (χ2n) is 5.75. The van der Waals surface area contributed by atoms with E-state index < -0.39 is 0 Å². The molecule has 0 aromatic carbocycles. The summed E-state index contributed by atoms with van der Waals surface area (Å²) in [4.78, 5) is 20.7. The van der Waals surface area contributed by atoms with Crippen molar-refractivity contribution in [2.45, 2.75) is 57.9 Å². The molecule has 1 aliphatic carbocycles. The third-order valence-corrected chi connectivity index (χ3v) is 4.07. The first-order chi connectivity index (χ1) is 10.2. The number of aromatic nitrogens is 4. The average Bonchev–Trinajstić information content (AvgIpc) is 2.87. The summed E-state index contributed by atoms with van der Waals surface area (Å²) < 4.78 is 1.60. The van der Waals surface area contributed by atoms with Gasteiger partial charge in [-0.3, -0.25) is 4.79 Å². The molecule has 6 nitrogen and oxygen atoms in total. The fourth-order valence-electron chi connectivity index (χ4n) is 2.85. The van der Waals surface area contributed by atoms with Gasteiger partial charge in [0.15, 0.2) is 0 Å². The molecule has 3 rings (SSSR count). The fourth-order valence-corrected chi connectivity index (χ4v) is 2.85. The quantitative estimate of drug-likeness (QED) is 0.919. The lowest BCUT2D eigenvalue weighted by molar-refractivity contribution is 0.0920. The van der Waals surface area contributed by atoms with Crippen LogP contribution in [0, 0.1) is 6.92 Å². The van der Waals surface area contributed by atoms with E-state index in [1.807, 2.05) is 13.0 Å². The summed E-state index contributed by atoms with van der Waals surface area (Å²) >= 11 is 0. The lowest BCUT2D eigenvalue weighted by atomic mass is 9.97. The molecule has 0 unspecified atom stereocenters. The highest BCUT2D eigenvalue weighted by molar-refractivity contribution is 5.91. The van der Waals surface area contributed by atoms with E-state index in [0.717, 1.165) is 18.5 Å². The fraction of sp³-hybridized carbons (Fsp3) is 0.600. The lowest BCUT2D eigenvalue weighted by Gasteiger charge is -2.20.